The van der Waals surface area contributed by atoms with Crippen LogP contribution in [0.1, 0.15) is 37.0 Å². The monoisotopic (exact) mass is 593 g/mol. The van der Waals surface area contributed by atoms with Crippen LogP contribution < -0.4 is 5.32 Å². The summed E-state index contributed by atoms with van der Waals surface area (Å²) < 4.78 is 60.4. The number of carbonyl (C=O) groups is 1. The zero-order valence-electron chi connectivity index (χ0n) is 22.2. The summed E-state index contributed by atoms with van der Waals surface area (Å²) in [5.74, 6) is -1.94. The van der Waals surface area contributed by atoms with Crippen LogP contribution in [0.15, 0.2) is 65.8 Å². The summed E-state index contributed by atoms with van der Waals surface area (Å²) in [6.07, 6.45) is 3.65. The van der Waals surface area contributed by atoms with E-state index in [1.54, 1.807) is 45.3 Å². The lowest BCUT2D eigenvalue weighted by atomic mass is 9.90. The maximum atomic E-state index is 14.1. The first-order valence-corrected chi connectivity index (χ1v) is 15.6. The molecule has 0 saturated heterocycles. The van der Waals surface area contributed by atoms with Crippen molar-refractivity contribution in [3.8, 4) is 11.1 Å². The van der Waals surface area contributed by atoms with Crippen LogP contribution in [0.25, 0.3) is 11.1 Å². The van der Waals surface area contributed by atoms with Crippen LogP contribution in [0.5, 0.6) is 0 Å². The van der Waals surface area contributed by atoms with E-state index in [0.717, 1.165) is 22.3 Å². The van der Waals surface area contributed by atoms with Gasteiger partial charge in [0.15, 0.2) is 5.75 Å². The number of rotatable bonds is 11. The third kappa shape index (κ3) is 7.43. The molecule has 12 heteroatoms. The van der Waals surface area contributed by atoms with Crippen LogP contribution >= 0.6 is 11.6 Å². The van der Waals surface area contributed by atoms with Crippen LogP contribution in [-0.2, 0) is 30.5 Å². The van der Waals surface area contributed by atoms with Gasteiger partial charge in [0, 0.05) is 30.5 Å². The quantitative estimate of drug-likeness (QED) is 0.249. The van der Waals surface area contributed by atoms with Crippen LogP contribution in [0.3, 0.4) is 0 Å². The Bertz CT molecular complexity index is 1570. The molecular weight excluding hydrogens is 562 g/mol. The van der Waals surface area contributed by atoms with Crippen molar-refractivity contribution in [1.29, 1.82) is 0 Å². The Balaban J connectivity index is 2.00. The Morgan fingerprint density at radius 2 is 1.77 bits per heavy atom. The van der Waals surface area contributed by atoms with Crippen LogP contribution in [0.4, 0.5) is 0 Å². The van der Waals surface area contributed by atoms with Gasteiger partial charge in [0.1, 0.15) is 0 Å². The highest BCUT2D eigenvalue weighted by atomic mass is 35.5. The summed E-state index contributed by atoms with van der Waals surface area (Å²) >= 11 is 6.27. The Morgan fingerprint density at radius 3 is 2.44 bits per heavy atom. The minimum Gasteiger partial charge on any atom is -0.355 e. The maximum absolute atomic E-state index is 14.1. The van der Waals surface area contributed by atoms with Gasteiger partial charge in [-0.2, -0.15) is 12.7 Å². The van der Waals surface area contributed by atoms with Gasteiger partial charge in [-0.1, -0.05) is 35.9 Å². The first kappa shape index (κ1) is 30.7. The van der Waals surface area contributed by atoms with E-state index < -0.39 is 37.3 Å². The number of nitrogens with one attached hydrogen (secondary N) is 1. The van der Waals surface area contributed by atoms with Crippen LogP contribution in [-0.4, -0.2) is 55.4 Å². The molecule has 3 rings (SSSR count). The Hall–Kier alpha value is -2.83. The normalized spacial score (nSPS) is 12.5. The first-order valence-electron chi connectivity index (χ1n) is 12.2. The SMILES string of the molecule is Cc1cnccc1-c1cccc(C(C)(C)N(CCCNC(=O)CS(=O)(=O)O)S(=O)(=O)c2cccc(Cl)c2C)c1. The Kier molecular flexibility index (Phi) is 9.56. The van der Waals surface area contributed by atoms with Gasteiger partial charge in [-0.05, 0) is 86.2 Å². The standard InChI is InChI=1S/C27H32ClN3O6S2/c1-19-17-29-14-12-23(19)21-8-5-9-22(16-21)27(3,4)31(15-7-13-30-26(32)18-38(33,34)35)39(36,37)25-11-6-10-24(28)20(25)2/h5-6,8-12,14,16-17H,7,13,15,18H2,1-4H3,(H,30,32)(H,33,34,35). The van der Waals surface area contributed by atoms with Gasteiger partial charge >= 0.3 is 0 Å². The van der Waals surface area contributed by atoms with E-state index in [1.807, 2.05) is 37.3 Å². The molecule has 3 aromatic rings. The zero-order valence-corrected chi connectivity index (χ0v) is 24.6. The molecule has 0 aliphatic heterocycles. The molecule has 0 spiro atoms. The van der Waals surface area contributed by atoms with Crippen molar-refractivity contribution in [3.63, 3.8) is 0 Å². The van der Waals surface area contributed by atoms with Crippen molar-refractivity contribution in [1.82, 2.24) is 14.6 Å². The van der Waals surface area contributed by atoms with E-state index in [4.69, 9.17) is 16.2 Å². The fourth-order valence-corrected chi connectivity index (χ4v) is 7.09. The van der Waals surface area contributed by atoms with Crippen LogP contribution in [0.2, 0.25) is 5.02 Å². The number of sulfonamides is 1. The van der Waals surface area contributed by atoms with Gasteiger partial charge < -0.3 is 5.32 Å². The summed E-state index contributed by atoms with van der Waals surface area (Å²) in [4.78, 5) is 16.0. The average molecular weight is 594 g/mol. The summed E-state index contributed by atoms with van der Waals surface area (Å²) in [6, 6.07) is 14.2. The van der Waals surface area contributed by atoms with Crippen LogP contribution in [0, 0.1) is 13.8 Å². The third-order valence-corrected chi connectivity index (χ3v) is 9.74. The maximum Gasteiger partial charge on any atom is 0.274 e. The molecule has 2 aromatic carbocycles. The third-order valence-electron chi connectivity index (χ3n) is 6.48. The zero-order chi connectivity index (χ0) is 29.0. The van der Waals surface area contributed by atoms with Gasteiger partial charge in [-0.15, -0.1) is 0 Å². The number of halogens is 1. The lowest BCUT2D eigenvalue weighted by molar-refractivity contribution is -0.118. The predicted octanol–water partition coefficient (Wildman–Crippen LogP) is 4.34. The molecule has 1 aromatic heterocycles. The second-order valence-electron chi connectivity index (χ2n) is 9.70. The highest BCUT2D eigenvalue weighted by Crippen LogP contribution is 2.37. The molecule has 39 heavy (non-hydrogen) atoms. The number of carbonyl (C=O) groups excluding carboxylic acids is 1. The van der Waals surface area contributed by atoms with E-state index in [0.29, 0.717) is 10.6 Å². The number of amides is 1. The highest BCUT2D eigenvalue weighted by molar-refractivity contribution is 7.89. The number of aryl methyl sites for hydroxylation is 1. The molecule has 210 valence electrons. The number of hydrogen-bond donors (Lipinski definition) is 2. The van der Waals surface area contributed by atoms with Gasteiger partial charge in [-0.3, -0.25) is 14.3 Å². The molecule has 1 heterocycles. The first-order chi connectivity index (χ1) is 18.1. The van der Waals surface area contributed by atoms with Crippen molar-refractivity contribution >= 4 is 37.6 Å². The lowest BCUT2D eigenvalue weighted by Gasteiger charge is -2.38. The van der Waals surface area contributed by atoms with E-state index in [1.165, 1.54) is 10.4 Å². The molecule has 0 bridgehead atoms. The number of benzene rings is 2. The molecule has 0 saturated carbocycles. The van der Waals surface area contributed by atoms with Crippen molar-refractivity contribution in [2.75, 3.05) is 18.8 Å². The van der Waals surface area contributed by atoms with Gasteiger partial charge in [0.25, 0.3) is 10.1 Å². The second kappa shape index (κ2) is 12.1. The van der Waals surface area contributed by atoms with E-state index in [9.17, 15) is 21.6 Å². The van der Waals surface area contributed by atoms with Crippen molar-refractivity contribution < 1.29 is 26.2 Å². The smallest absolute Gasteiger partial charge is 0.274 e. The molecule has 0 radical (unpaired) electrons. The number of pyridine rings is 1. The fourth-order valence-electron chi connectivity index (χ4n) is 4.36. The van der Waals surface area contributed by atoms with Gasteiger partial charge in [0.05, 0.1) is 10.4 Å². The molecule has 0 unspecified atom stereocenters. The van der Waals surface area contributed by atoms with Crippen molar-refractivity contribution in [3.05, 3.63) is 82.6 Å². The lowest BCUT2D eigenvalue weighted by Crippen LogP contribution is -2.47. The summed E-state index contributed by atoms with van der Waals surface area (Å²) in [6.45, 7) is 7.21. The molecule has 0 aliphatic rings. The molecule has 0 atom stereocenters. The minimum absolute atomic E-state index is 0.00122. The second-order valence-corrected chi connectivity index (χ2v) is 13.4. The predicted molar refractivity (Wildman–Crippen MR) is 152 cm³/mol. The van der Waals surface area contributed by atoms with E-state index in [2.05, 4.69) is 10.3 Å². The van der Waals surface area contributed by atoms with Crippen molar-refractivity contribution in [2.24, 2.45) is 0 Å². The topological polar surface area (TPSA) is 134 Å². The van der Waals surface area contributed by atoms with Gasteiger partial charge in [0.2, 0.25) is 15.9 Å². The summed E-state index contributed by atoms with van der Waals surface area (Å²) in [7, 11) is -8.55. The highest BCUT2D eigenvalue weighted by Gasteiger charge is 2.39. The summed E-state index contributed by atoms with van der Waals surface area (Å²) in [5, 5.41) is 2.73. The number of aromatic nitrogens is 1. The minimum atomic E-state index is -4.47. The van der Waals surface area contributed by atoms with E-state index in [-0.39, 0.29) is 24.4 Å². The average Bonchev–Trinajstić information content (AvgIpc) is 2.84. The summed E-state index contributed by atoms with van der Waals surface area (Å²) in [5.41, 5.74) is 2.99. The molecule has 1 amide bonds. The molecule has 0 aliphatic carbocycles. The number of nitrogens with zero attached hydrogens (tertiary/aromatic N) is 2. The molecule has 0 fully saturated rings. The van der Waals surface area contributed by atoms with Crippen molar-refractivity contribution in [2.45, 2.75) is 44.6 Å². The Morgan fingerprint density at radius 1 is 1.08 bits per heavy atom. The molecule has 9 nitrogen and oxygen atoms in total. The molecular formula is C27H32ClN3O6S2. The fraction of sp³-hybridized carbons (Fsp3) is 0.333. The largest absolute Gasteiger partial charge is 0.355 e. The van der Waals surface area contributed by atoms with E-state index >= 15 is 0 Å². The number of hydrogen-bond acceptors (Lipinski definition) is 6. The molecule has 2 N–H and O–H groups in total. The Labute approximate surface area is 235 Å². The van der Waals surface area contributed by atoms with Gasteiger partial charge in [-0.25, -0.2) is 8.42 Å².